The van der Waals surface area contributed by atoms with Gasteiger partial charge in [-0.15, -0.1) is 0 Å². The van der Waals surface area contributed by atoms with Gasteiger partial charge in [0.2, 0.25) is 0 Å². The zero-order chi connectivity index (χ0) is 45.0. The fourth-order valence-electron chi connectivity index (χ4n) is 10.7. The maximum Gasteiger partial charge on any atom is 0.310 e. The molecule has 62 heavy (non-hydrogen) atoms. The van der Waals surface area contributed by atoms with Gasteiger partial charge in [-0.2, -0.15) is 0 Å². The number of ketones is 2. The number of esters is 3. The molecule has 0 bridgehead atoms. The van der Waals surface area contributed by atoms with Gasteiger partial charge >= 0.3 is 17.9 Å². The number of aliphatic hydroxyl groups is 1. The zero-order valence-corrected chi connectivity index (χ0v) is 37.9. The minimum atomic E-state index is -0.562. The van der Waals surface area contributed by atoms with Crippen LogP contribution in [0.15, 0.2) is 35.8 Å². The minimum absolute atomic E-state index is 0.0742. The molecule has 2 saturated carbocycles. The van der Waals surface area contributed by atoms with Crippen molar-refractivity contribution in [2.24, 2.45) is 35.5 Å². The molecule has 12 nitrogen and oxygen atoms in total. The second-order valence-corrected chi connectivity index (χ2v) is 17.3. The number of aliphatic hydroxyl groups excluding tert-OH is 1. The number of benzene rings is 2. The first-order valence-electron chi connectivity index (χ1n) is 22.5. The van der Waals surface area contributed by atoms with Crippen LogP contribution in [0.3, 0.4) is 0 Å². The standard InChI is InChI=1S/C24H30O5.C22H28O4.C4H6O3/c1-5-15-9-13(3)10-16(6-2)20(15)21-22(26)18-11-17(24-27-7-8-28-24)12-19(18)23(21)29-14(4)25;1-4-13-8-12(3)9-14(5-2)18(13)19-20(23)16-10-15(11-17(16)21(19)24)22-25-6-7-26-22;1-3(5)7-4(2)6/h9-10,17-19,24H,5-8,11-12H2,1-4H3;8-9,15-17,22-23H,4-7,10-11H2,1-3H3;1-2H3. The van der Waals surface area contributed by atoms with E-state index in [1.807, 2.05) is 0 Å². The molecule has 2 saturated heterocycles. The van der Waals surface area contributed by atoms with Gasteiger partial charge in [-0.1, -0.05) is 63.1 Å². The van der Waals surface area contributed by atoms with E-state index < -0.39 is 11.9 Å². The smallest absolute Gasteiger partial charge is 0.310 e. The van der Waals surface area contributed by atoms with Gasteiger partial charge in [-0.05, 0) is 98.6 Å². The average molecular weight is 857 g/mol. The van der Waals surface area contributed by atoms with Crippen molar-refractivity contribution in [2.75, 3.05) is 26.4 Å². The first-order chi connectivity index (χ1) is 29.6. The average Bonchev–Trinajstić information content (AvgIpc) is 4.09. The van der Waals surface area contributed by atoms with Gasteiger partial charge in [0.05, 0.1) is 37.6 Å². The Morgan fingerprint density at radius 2 is 0.919 bits per heavy atom. The van der Waals surface area contributed by atoms with Crippen molar-refractivity contribution in [3.05, 3.63) is 80.3 Å². The van der Waals surface area contributed by atoms with Crippen LogP contribution < -0.4 is 0 Å². The molecule has 6 aliphatic rings. The van der Waals surface area contributed by atoms with Crippen molar-refractivity contribution >= 4 is 40.6 Å². The Hall–Kier alpha value is -4.49. The summed E-state index contributed by atoms with van der Waals surface area (Å²) in [6.07, 6.45) is 5.91. The Balaban J connectivity index is 0.000000180. The lowest BCUT2D eigenvalue weighted by molar-refractivity contribution is -0.156. The quantitative estimate of drug-likeness (QED) is 0.191. The van der Waals surface area contributed by atoms with Crippen LogP contribution in [0.1, 0.15) is 119 Å². The summed E-state index contributed by atoms with van der Waals surface area (Å²) in [6, 6.07) is 8.60. The summed E-state index contributed by atoms with van der Waals surface area (Å²) < 4.78 is 32.4. The molecule has 336 valence electrons. The highest BCUT2D eigenvalue weighted by Crippen LogP contribution is 2.54. The van der Waals surface area contributed by atoms with E-state index in [0.717, 1.165) is 84.7 Å². The maximum absolute atomic E-state index is 13.6. The van der Waals surface area contributed by atoms with Crippen LogP contribution in [-0.2, 0) is 78.1 Å². The van der Waals surface area contributed by atoms with Crippen LogP contribution in [0.5, 0.6) is 0 Å². The van der Waals surface area contributed by atoms with Gasteiger partial charge in [0.25, 0.3) is 0 Å². The van der Waals surface area contributed by atoms with Crippen molar-refractivity contribution in [2.45, 2.75) is 126 Å². The van der Waals surface area contributed by atoms with E-state index in [9.17, 15) is 29.1 Å². The number of Topliss-reactive ketones (excluding diaryl/α,β-unsaturated/α-hetero) is 2. The molecule has 2 aliphatic heterocycles. The van der Waals surface area contributed by atoms with E-state index in [1.54, 1.807) is 0 Å². The number of carbonyl (C=O) groups excluding carboxylic acids is 5. The summed E-state index contributed by atoms with van der Waals surface area (Å²) in [6.45, 7) is 18.8. The maximum atomic E-state index is 13.6. The van der Waals surface area contributed by atoms with E-state index in [-0.39, 0.29) is 65.6 Å². The van der Waals surface area contributed by atoms with Gasteiger partial charge in [-0.25, -0.2) is 0 Å². The Bertz CT molecular complexity index is 2050. The van der Waals surface area contributed by atoms with Gasteiger partial charge in [0.15, 0.2) is 24.1 Å². The summed E-state index contributed by atoms with van der Waals surface area (Å²) in [5.74, 6) is -0.470. The SMILES string of the molecule is CC(=O)OC(C)=O.CCc1cc(C)cc(CC)c1C1=C(O)C2CC(C3OCCO3)CC2C1=O.CCc1cc(C)cc(CC)c1C1=C(OC(C)=O)C2CC(C3OCCO3)CC2C1=O. The fraction of sp³-hybridized carbons (Fsp3) is 0.580. The molecule has 12 heteroatoms. The van der Waals surface area contributed by atoms with Crippen molar-refractivity contribution in [3.8, 4) is 0 Å². The normalized spacial score (nSPS) is 25.7. The van der Waals surface area contributed by atoms with Crippen molar-refractivity contribution in [3.63, 3.8) is 0 Å². The molecule has 0 radical (unpaired) electrons. The molecule has 1 N–H and O–H groups in total. The minimum Gasteiger partial charge on any atom is -0.511 e. The third kappa shape index (κ3) is 9.83. The molecule has 0 amide bonds. The van der Waals surface area contributed by atoms with Crippen LogP contribution in [-0.4, -0.2) is 73.6 Å². The molecule has 2 heterocycles. The van der Waals surface area contributed by atoms with Gasteiger partial charge in [-0.3, -0.25) is 24.0 Å². The van der Waals surface area contributed by atoms with Crippen LogP contribution in [0.4, 0.5) is 0 Å². The number of ether oxygens (including phenoxy) is 6. The summed E-state index contributed by atoms with van der Waals surface area (Å²) in [7, 11) is 0. The summed E-state index contributed by atoms with van der Waals surface area (Å²) in [5.41, 5.74) is 10.2. The molecule has 6 unspecified atom stereocenters. The lowest BCUT2D eigenvalue weighted by Gasteiger charge is -2.20. The Morgan fingerprint density at radius 1 is 0.565 bits per heavy atom. The number of hydrogen-bond acceptors (Lipinski definition) is 12. The molecule has 8 rings (SSSR count). The van der Waals surface area contributed by atoms with Gasteiger partial charge in [0, 0.05) is 56.3 Å². The van der Waals surface area contributed by atoms with Gasteiger partial charge in [0.1, 0.15) is 11.5 Å². The number of hydrogen-bond donors (Lipinski definition) is 1. The molecule has 4 fully saturated rings. The number of carbonyl (C=O) groups is 5. The third-order valence-corrected chi connectivity index (χ3v) is 13.1. The largest absolute Gasteiger partial charge is 0.511 e. The molecule has 2 aromatic carbocycles. The second-order valence-electron chi connectivity index (χ2n) is 17.3. The number of aryl methyl sites for hydroxylation is 6. The molecule has 4 aliphatic carbocycles. The highest BCUT2D eigenvalue weighted by Gasteiger charge is 2.53. The number of rotatable bonds is 9. The number of allylic oxidation sites excluding steroid dienone is 4. The predicted octanol–water partition coefficient (Wildman–Crippen LogP) is 8.07. The van der Waals surface area contributed by atoms with Crippen LogP contribution >= 0.6 is 0 Å². The molecule has 0 spiro atoms. The fourth-order valence-corrected chi connectivity index (χ4v) is 10.7. The van der Waals surface area contributed by atoms with E-state index >= 15 is 0 Å². The highest BCUT2D eigenvalue weighted by atomic mass is 16.7. The van der Waals surface area contributed by atoms with E-state index in [1.165, 1.54) is 31.9 Å². The topological polar surface area (TPSA) is 161 Å². The monoisotopic (exact) mass is 856 g/mol. The van der Waals surface area contributed by atoms with Gasteiger partial charge < -0.3 is 33.5 Å². The zero-order valence-electron chi connectivity index (χ0n) is 37.9. The van der Waals surface area contributed by atoms with Crippen LogP contribution in [0.2, 0.25) is 0 Å². The Kier molecular flexibility index (Phi) is 15.4. The van der Waals surface area contributed by atoms with E-state index in [0.29, 0.717) is 49.1 Å². The molecule has 6 atom stereocenters. The Morgan fingerprint density at radius 3 is 1.27 bits per heavy atom. The molecule has 2 aromatic rings. The first-order valence-corrected chi connectivity index (χ1v) is 22.5. The third-order valence-electron chi connectivity index (χ3n) is 13.1. The molecule has 0 aromatic heterocycles. The van der Waals surface area contributed by atoms with E-state index in [4.69, 9.17) is 23.7 Å². The second kappa shape index (κ2) is 20.3. The van der Waals surface area contributed by atoms with Crippen LogP contribution in [0.25, 0.3) is 11.1 Å². The van der Waals surface area contributed by atoms with Crippen molar-refractivity contribution < 1.29 is 57.5 Å². The predicted molar refractivity (Wildman–Crippen MR) is 231 cm³/mol. The first kappa shape index (κ1) is 47.0. The van der Waals surface area contributed by atoms with Crippen LogP contribution in [0, 0.1) is 49.4 Å². The number of fused-ring (bicyclic) bond motifs is 2. The Labute approximate surface area is 365 Å². The molecular weight excluding hydrogens is 793 g/mol. The summed E-state index contributed by atoms with van der Waals surface area (Å²) in [4.78, 5) is 58.5. The highest BCUT2D eigenvalue weighted by molar-refractivity contribution is 6.26. The molecular formula is C50H64O12. The lowest BCUT2D eigenvalue weighted by Crippen LogP contribution is -2.21. The van der Waals surface area contributed by atoms with Crippen molar-refractivity contribution in [1.29, 1.82) is 0 Å². The van der Waals surface area contributed by atoms with E-state index in [2.05, 4.69) is 70.5 Å². The lowest BCUT2D eigenvalue weighted by atomic mass is 9.87. The summed E-state index contributed by atoms with van der Waals surface area (Å²) >= 11 is 0. The summed E-state index contributed by atoms with van der Waals surface area (Å²) in [5, 5.41) is 11.0. The van der Waals surface area contributed by atoms with Crippen molar-refractivity contribution in [1.82, 2.24) is 0 Å².